The summed E-state index contributed by atoms with van der Waals surface area (Å²) in [6.07, 6.45) is 6.46. The topological polar surface area (TPSA) is 86.4 Å². The van der Waals surface area contributed by atoms with E-state index in [9.17, 15) is 4.79 Å². The maximum Gasteiger partial charge on any atom is 0.251 e. The number of aromatic amines is 1. The van der Waals surface area contributed by atoms with Gasteiger partial charge in [-0.15, -0.1) is 0 Å². The van der Waals surface area contributed by atoms with Crippen LogP contribution >= 0.6 is 0 Å². The zero-order chi connectivity index (χ0) is 26.9. The van der Waals surface area contributed by atoms with E-state index >= 15 is 0 Å². The summed E-state index contributed by atoms with van der Waals surface area (Å²) in [6.45, 7) is 5.96. The Morgan fingerprint density at radius 2 is 1.77 bits per heavy atom. The highest BCUT2D eigenvalue weighted by Gasteiger charge is 2.30. The molecule has 3 aliphatic rings. The number of H-pyrrole nitrogens is 1. The number of anilines is 1. The van der Waals surface area contributed by atoms with Crippen LogP contribution in [0.2, 0.25) is 0 Å². The Morgan fingerprint density at radius 3 is 2.48 bits per heavy atom. The van der Waals surface area contributed by atoms with Gasteiger partial charge in [-0.2, -0.15) is 5.10 Å². The molecule has 1 atom stereocenters. The normalized spacial score (nSPS) is 19.6. The maximum atomic E-state index is 13.5. The lowest BCUT2D eigenvalue weighted by Crippen LogP contribution is -2.56. The first-order chi connectivity index (χ1) is 19.7. The van der Waals surface area contributed by atoms with Gasteiger partial charge in [0.15, 0.2) is 0 Å². The van der Waals surface area contributed by atoms with Crippen molar-refractivity contribution in [2.24, 2.45) is 5.92 Å². The average Bonchev–Trinajstić information content (AvgIpc) is 3.66. The number of carbonyl (C=O) groups excluding carboxylic acids is 1. The number of benzene rings is 2. The van der Waals surface area contributed by atoms with Crippen LogP contribution in [0.1, 0.15) is 47.8 Å². The van der Waals surface area contributed by atoms with Crippen LogP contribution in [-0.4, -0.2) is 71.4 Å². The molecule has 7 rings (SSSR count). The molecule has 4 aromatic rings. The molecule has 40 heavy (non-hydrogen) atoms. The summed E-state index contributed by atoms with van der Waals surface area (Å²) in [5.41, 5.74) is 5.63. The molecule has 1 amide bonds. The molecule has 1 aliphatic carbocycles. The highest BCUT2D eigenvalue weighted by atomic mass is 16.5. The summed E-state index contributed by atoms with van der Waals surface area (Å²) in [5.74, 6) is 0.348. The summed E-state index contributed by atoms with van der Waals surface area (Å²) in [7, 11) is 0. The second-order valence-corrected chi connectivity index (χ2v) is 11.3. The maximum absolute atomic E-state index is 13.5. The molecule has 2 aromatic heterocycles. The number of pyridine rings is 1. The van der Waals surface area contributed by atoms with Gasteiger partial charge in [-0.1, -0.05) is 31.0 Å². The van der Waals surface area contributed by atoms with Gasteiger partial charge in [0.05, 0.1) is 42.2 Å². The lowest BCUT2D eigenvalue weighted by atomic mass is 9.94. The van der Waals surface area contributed by atoms with Crippen molar-refractivity contribution in [2.75, 3.05) is 44.3 Å². The summed E-state index contributed by atoms with van der Waals surface area (Å²) >= 11 is 0. The van der Waals surface area contributed by atoms with Gasteiger partial charge < -0.3 is 15.0 Å². The number of hydrogen-bond donors (Lipinski definition) is 2. The molecule has 1 unspecified atom stereocenters. The third kappa shape index (κ3) is 4.97. The zero-order valence-electron chi connectivity index (χ0n) is 22.8. The summed E-state index contributed by atoms with van der Waals surface area (Å²) in [5, 5.41) is 12.0. The Kier molecular flexibility index (Phi) is 6.95. The molecule has 206 valence electrons. The molecule has 2 aliphatic heterocycles. The highest BCUT2D eigenvalue weighted by Crippen LogP contribution is 2.35. The number of nitrogens with one attached hydrogen (secondary N) is 2. The number of fused-ring (bicyclic) bond motifs is 1. The molecule has 0 spiro atoms. The van der Waals surface area contributed by atoms with Crippen molar-refractivity contribution < 1.29 is 9.53 Å². The highest BCUT2D eigenvalue weighted by molar-refractivity contribution is 6.01. The fraction of sp³-hybridized carbons (Fsp3) is 0.406. The van der Waals surface area contributed by atoms with E-state index in [1.165, 1.54) is 18.5 Å². The summed E-state index contributed by atoms with van der Waals surface area (Å²) < 4.78 is 5.37. The van der Waals surface area contributed by atoms with Crippen LogP contribution < -0.4 is 10.2 Å². The van der Waals surface area contributed by atoms with E-state index in [0.29, 0.717) is 17.5 Å². The van der Waals surface area contributed by atoms with Crippen molar-refractivity contribution in [3.05, 3.63) is 78.1 Å². The SMILES string of the molecule is O=C(NC(c1ccccn1)C1CCCC1)c1ccc2[nH]nc(-c3ccc(N4CCN(C5COC5)CC4)cc3)c2c1. The summed E-state index contributed by atoms with van der Waals surface area (Å²) in [4.78, 5) is 23.1. The number of amides is 1. The van der Waals surface area contributed by atoms with E-state index < -0.39 is 0 Å². The Hall–Kier alpha value is -3.75. The fourth-order valence-electron chi connectivity index (χ4n) is 6.49. The largest absolute Gasteiger partial charge is 0.378 e. The molecule has 0 bridgehead atoms. The molecule has 2 N–H and O–H groups in total. The first-order valence-corrected chi connectivity index (χ1v) is 14.6. The van der Waals surface area contributed by atoms with Gasteiger partial charge in [0, 0.05) is 54.6 Å². The average molecular weight is 537 g/mol. The van der Waals surface area contributed by atoms with Crippen LogP contribution in [0.5, 0.6) is 0 Å². The minimum atomic E-state index is -0.0767. The number of aromatic nitrogens is 3. The lowest BCUT2D eigenvalue weighted by molar-refractivity contribution is -0.0660. The van der Waals surface area contributed by atoms with Crippen molar-refractivity contribution in [1.82, 2.24) is 25.4 Å². The molecule has 2 aromatic carbocycles. The zero-order valence-corrected chi connectivity index (χ0v) is 22.8. The van der Waals surface area contributed by atoms with Crippen molar-refractivity contribution in [1.29, 1.82) is 0 Å². The van der Waals surface area contributed by atoms with Crippen molar-refractivity contribution in [3.63, 3.8) is 0 Å². The van der Waals surface area contributed by atoms with Gasteiger partial charge in [0.25, 0.3) is 5.91 Å². The number of hydrogen-bond acceptors (Lipinski definition) is 6. The molecule has 1 saturated carbocycles. The number of rotatable bonds is 7. The second kappa shape index (κ2) is 11.0. The Morgan fingerprint density at radius 1 is 0.975 bits per heavy atom. The molecule has 4 heterocycles. The molecule has 0 radical (unpaired) electrons. The van der Waals surface area contributed by atoms with Crippen molar-refractivity contribution >= 4 is 22.5 Å². The Labute approximate surface area is 234 Å². The van der Waals surface area contributed by atoms with Crippen LogP contribution in [0, 0.1) is 5.92 Å². The third-order valence-corrected chi connectivity index (χ3v) is 8.95. The standard InChI is InChI=1S/C32H36N6O2/c39-32(34-31(22-5-1-2-6-22)29-7-3-4-14-33-29)24-10-13-28-27(19-24)30(36-35-28)23-8-11-25(12-9-23)37-15-17-38(18-16-37)26-20-40-21-26/h3-4,7-14,19,22,26,31H,1-2,5-6,15-18,20-21H2,(H,34,39)(H,35,36). The molecular weight excluding hydrogens is 500 g/mol. The van der Waals surface area contributed by atoms with E-state index in [2.05, 4.69) is 54.6 Å². The van der Waals surface area contributed by atoms with Gasteiger partial charge in [-0.25, -0.2) is 0 Å². The first-order valence-electron chi connectivity index (χ1n) is 14.6. The predicted molar refractivity (Wildman–Crippen MR) is 156 cm³/mol. The minimum absolute atomic E-state index is 0.0699. The quantitative estimate of drug-likeness (QED) is 0.353. The monoisotopic (exact) mass is 536 g/mol. The third-order valence-electron chi connectivity index (χ3n) is 8.95. The van der Waals surface area contributed by atoms with Crippen LogP contribution in [0.3, 0.4) is 0 Å². The van der Waals surface area contributed by atoms with Crippen LogP contribution in [-0.2, 0) is 4.74 Å². The van der Waals surface area contributed by atoms with Crippen molar-refractivity contribution in [2.45, 2.75) is 37.8 Å². The molecular formula is C32H36N6O2. The fourth-order valence-corrected chi connectivity index (χ4v) is 6.49. The summed E-state index contributed by atoms with van der Waals surface area (Å²) in [6, 6.07) is 20.9. The van der Waals surface area contributed by atoms with Gasteiger partial charge in [-0.05, 0) is 61.2 Å². The van der Waals surface area contributed by atoms with Crippen LogP contribution in [0.25, 0.3) is 22.2 Å². The molecule has 2 saturated heterocycles. The Bertz CT molecular complexity index is 1450. The molecule has 8 heteroatoms. The van der Waals surface area contributed by atoms with E-state index in [1.54, 1.807) is 0 Å². The molecule has 3 fully saturated rings. The van der Waals surface area contributed by atoms with Gasteiger partial charge in [0.2, 0.25) is 0 Å². The van der Waals surface area contributed by atoms with Crippen LogP contribution in [0.15, 0.2) is 66.9 Å². The second-order valence-electron chi connectivity index (χ2n) is 11.3. The Balaban J connectivity index is 1.08. The number of ether oxygens (including phenoxy) is 1. The van der Waals surface area contributed by atoms with Crippen LogP contribution in [0.4, 0.5) is 5.69 Å². The van der Waals surface area contributed by atoms with E-state index in [1.807, 2.05) is 42.6 Å². The van der Waals surface area contributed by atoms with Gasteiger partial charge in [-0.3, -0.25) is 19.8 Å². The van der Waals surface area contributed by atoms with E-state index in [0.717, 1.165) is 80.1 Å². The smallest absolute Gasteiger partial charge is 0.251 e. The van der Waals surface area contributed by atoms with Gasteiger partial charge in [0.1, 0.15) is 0 Å². The molecule has 8 nitrogen and oxygen atoms in total. The predicted octanol–water partition coefficient (Wildman–Crippen LogP) is 4.81. The first kappa shape index (κ1) is 25.2. The number of piperazine rings is 1. The van der Waals surface area contributed by atoms with E-state index in [4.69, 9.17) is 4.74 Å². The van der Waals surface area contributed by atoms with Gasteiger partial charge >= 0.3 is 0 Å². The number of carbonyl (C=O) groups is 1. The minimum Gasteiger partial charge on any atom is -0.378 e. The number of nitrogens with zero attached hydrogens (tertiary/aromatic N) is 4. The lowest BCUT2D eigenvalue weighted by Gasteiger charge is -2.43. The van der Waals surface area contributed by atoms with Crippen molar-refractivity contribution in [3.8, 4) is 11.3 Å². The van der Waals surface area contributed by atoms with E-state index in [-0.39, 0.29) is 11.9 Å².